The Morgan fingerprint density at radius 3 is 2.53 bits per heavy atom. The van der Waals surface area contributed by atoms with Crippen molar-refractivity contribution in [3.63, 3.8) is 0 Å². The van der Waals surface area contributed by atoms with E-state index in [1.54, 1.807) is 0 Å². The number of fused-ring (bicyclic) bond motifs is 1. The molecule has 3 N–H and O–H groups in total. The van der Waals surface area contributed by atoms with Crippen molar-refractivity contribution in [3.8, 4) is 5.88 Å². The van der Waals surface area contributed by atoms with Crippen LogP contribution >= 0.6 is 15.9 Å². The highest BCUT2D eigenvalue weighted by atomic mass is 79.9. The van der Waals surface area contributed by atoms with Crippen LogP contribution in [0.15, 0.2) is 63.8 Å². The lowest BCUT2D eigenvalue weighted by molar-refractivity contribution is 0.179. The molecule has 202 valence electrons. The summed E-state index contributed by atoms with van der Waals surface area (Å²) in [4.78, 5) is 18.6. The zero-order valence-corrected chi connectivity index (χ0v) is 23.1. The Morgan fingerprint density at radius 2 is 1.92 bits per heavy atom. The molecule has 0 unspecified atom stereocenters. The number of nitrogens with zero attached hydrogens (tertiary/aromatic N) is 3. The third-order valence-electron chi connectivity index (χ3n) is 5.66. The summed E-state index contributed by atoms with van der Waals surface area (Å²) in [6.07, 6.45) is 3.90. The minimum Gasteiger partial charge on any atom is -0.480 e. The highest BCUT2D eigenvalue weighted by molar-refractivity contribution is 9.11. The molecule has 0 atom stereocenters. The number of carbonyl (C=O) groups is 1. The van der Waals surface area contributed by atoms with Crippen molar-refractivity contribution in [1.82, 2.24) is 20.1 Å². The van der Waals surface area contributed by atoms with E-state index in [0.717, 1.165) is 23.5 Å². The van der Waals surface area contributed by atoms with Crippen LogP contribution in [0.25, 0.3) is 5.57 Å². The molecule has 0 radical (unpaired) electrons. The molecule has 14 heteroatoms. The van der Waals surface area contributed by atoms with Gasteiger partial charge in [-0.3, -0.25) is 10.0 Å². The lowest BCUT2D eigenvalue weighted by Crippen LogP contribution is -2.44. The molecule has 2 aliphatic rings. The molecule has 1 amide bonds. The molecular formula is C24H24BrF2N5O5S. The van der Waals surface area contributed by atoms with E-state index in [1.165, 1.54) is 19.4 Å². The lowest BCUT2D eigenvalue weighted by atomic mass is 10.0. The SMILES string of the molecule is COc1ncc(C2=CC=C3N(C2)C(Br)=C(NC(=O)O)N3C(C)(C)C)cc1NS(=O)(=O)c1ccc(F)cc1F. The third kappa shape index (κ3) is 5.18. The second-order valence-corrected chi connectivity index (χ2v) is 11.7. The number of benzene rings is 1. The number of aromatic nitrogens is 1. The topological polar surface area (TPSA) is 124 Å². The molecule has 2 aromatic rings. The molecule has 0 saturated carbocycles. The number of halogens is 3. The number of rotatable bonds is 6. The van der Waals surface area contributed by atoms with Crippen LogP contribution in [0.3, 0.4) is 0 Å². The van der Waals surface area contributed by atoms with Crippen molar-refractivity contribution in [2.45, 2.75) is 31.2 Å². The average Bonchev–Trinajstić information content (AvgIpc) is 3.09. The van der Waals surface area contributed by atoms with Gasteiger partial charge in [-0.25, -0.2) is 27.0 Å². The van der Waals surface area contributed by atoms with Gasteiger partial charge >= 0.3 is 6.09 Å². The van der Waals surface area contributed by atoms with Crippen molar-refractivity contribution >= 4 is 43.3 Å². The highest BCUT2D eigenvalue weighted by Gasteiger charge is 2.41. The summed E-state index contributed by atoms with van der Waals surface area (Å²) in [5.74, 6) is -1.12. The van der Waals surface area contributed by atoms with Gasteiger partial charge in [-0.05, 0) is 66.5 Å². The van der Waals surface area contributed by atoms with Gasteiger partial charge in [0.1, 0.15) is 38.5 Å². The number of ether oxygens (including phenoxy) is 1. The maximum atomic E-state index is 14.2. The number of hydrogen-bond donors (Lipinski definition) is 3. The monoisotopic (exact) mass is 611 g/mol. The van der Waals surface area contributed by atoms with Crippen LogP contribution in [0, 0.1) is 11.6 Å². The lowest BCUT2D eigenvalue weighted by Gasteiger charge is -2.38. The molecular weight excluding hydrogens is 588 g/mol. The summed E-state index contributed by atoms with van der Waals surface area (Å²) >= 11 is 3.50. The Morgan fingerprint density at radius 1 is 1.21 bits per heavy atom. The Balaban J connectivity index is 1.71. The van der Waals surface area contributed by atoms with Crippen LogP contribution in [0.2, 0.25) is 0 Å². The van der Waals surface area contributed by atoms with Gasteiger partial charge in [0.15, 0.2) is 0 Å². The minimum absolute atomic E-state index is 0.0509. The fraction of sp³-hybridized carbons (Fsp3) is 0.250. The molecule has 0 aliphatic carbocycles. The van der Waals surface area contributed by atoms with E-state index >= 15 is 0 Å². The summed E-state index contributed by atoms with van der Waals surface area (Å²) in [7, 11) is -3.14. The number of methoxy groups -OCH3 is 1. The van der Waals surface area contributed by atoms with Crippen molar-refractivity contribution in [3.05, 3.63) is 76.1 Å². The molecule has 10 nitrogen and oxygen atoms in total. The van der Waals surface area contributed by atoms with Gasteiger partial charge in [-0.2, -0.15) is 0 Å². The number of nitrogens with one attached hydrogen (secondary N) is 2. The molecule has 2 aliphatic heterocycles. The van der Waals surface area contributed by atoms with Gasteiger partial charge < -0.3 is 19.6 Å². The molecule has 1 aromatic carbocycles. The van der Waals surface area contributed by atoms with Crippen molar-refractivity contribution in [2.75, 3.05) is 18.4 Å². The predicted octanol–water partition coefficient (Wildman–Crippen LogP) is 4.61. The van der Waals surface area contributed by atoms with Gasteiger partial charge in [0.05, 0.1) is 13.7 Å². The summed E-state index contributed by atoms with van der Waals surface area (Å²) in [5.41, 5.74) is 0.733. The first-order chi connectivity index (χ1) is 17.7. The van der Waals surface area contributed by atoms with Crippen molar-refractivity contribution < 1.29 is 31.8 Å². The minimum atomic E-state index is -4.45. The van der Waals surface area contributed by atoms with Crippen LogP contribution < -0.4 is 14.8 Å². The summed E-state index contributed by atoms with van der Waals surface area (Å²) in [6, 6.07) is 3.64. The van der Waals surface area contributed by atoms with E-state index in [0.29, 0.717) is 22.1 Å². The number of allylic oxidation sites excluding steroid dienone is 2. The Kier molecular flexibility index (Phi) is 7.14. The van der Waals surface area contributed by atoms with Crippen LogP contribution in [0.4, 0.5) is 19.3 Å². The third-order valence-corrected chi connectivity index (χ3v) is 7.87. The van der Waals surface area contributed by atoms with Gasteiger partial charge in [0, 0.05) is 23.4 Å². The molecule has 0 spiro atoms. The maximum Gasteiger partial charge on any atom is 0.410 e. The fourth-order valence-electron chi connectivity index (χ4n) is 4.10. The highest BCUT2D eigenvalue weighted by Crippen LogP contribution is 2.43. The second-order valence-electron chi connectivity index (χ2n) is 9.34. The normalized spacial score (nSPS) is 15.7. The van der Waals surface area contributed by atoms with E-state index in [4.69, 9.17) is 4.74 Å². The molecule has 4 rings (SSSR count). The first-order valence-corrected chi connectivity index (χ1v) is 13.4. The van der Waals surface area contributed by atoms with E-state index < -0.39 is 38.2 Å². The second kappa shape index (κ2) is 9.91. The molecule has 0 saturated heterocycles. The van der Waals surface area contributed by atoms with Crippen LogP contribution in [0.5, 0.6) is 5.88 Å². The van der Waals surface area contributed by atoms with Crippen LogP contribution in [0.1, 0.15) is 26.3 Å². The van der Waals surface area contributed by atoms with Crippen LogP contribution in [-0.4, -0.2) is 53.6 Å². The molecule has 38 heavy (non-hydrogen) atoms. The van der Waals surface area contributed by atoms with E-state index in [1.807, 2.05) is 42.7 Å². The molecule has 0 bridgehead atoms. The quantitative estimate of drug-likeness (QED) is 0.404. The van der Waals surface area contributed by atoms with Crippen molar-refractivity contribution in [2.24, 2.45) is 0 Å². The zero-order chi connectivity index (χ0) is 28.0. The standard InChI is InChI=1S/C24H24BrF2N5O5S/c1-24(2,3)32-19-8-5-13(12-31(19)20(25)21(32)29-23(33)34)14-9-17(22(37-4)28-11-14)30-38(35,36)18-7-6-15(26)10-16(18)27/h5-11,29-30H,12H2,1-4H3,(H,33,34). The number of carboxylic acid groups (broad SMARTS) is 1. The van der Waals surface area contributed by atoms with E-state index in [9.17, 15) is 27.1 Å². The number of amides is 1. The van der Waals surface area contributed by atoms with Gasteiger partial charge in [-0.15, -0.1) is 0 Å². The Bertz CT molecular complexity index is 1520. The molecule has 1 aromatic heterocycles. The smallest absolute Gasteiger partial charge is 0.410 e. The van der Waals surface area contributed by atoms with Crippen LogP contribution in [-0.2, 0) is 10.0 Å². The Labute approximate surface area is 226 Å². The maximum absolute atomic E-state index is 14.2. The van der Waals surface area contributed by atoms with Crippen molar-refractivity contribution in [1.29, 1.82) is 0 Å². The Hall–Kier alpha value is -3.65. The molecule has 3 heterocycles. The zero-order valence-electron chi connectivity index (χ0n) is 20.7. The fourth-order valence-corrected chi connectivity index (χ4v) is 5.79. The summed E-state index contributed by atoms with van der Waals surface area (Å²) in [5, 5.41) is 11.8. The van der Waals surface area contributed by atoms with Gasteiger partial charge in [-0.1, -0.05) is 6.08 Å². The first kappa shape index (κ1) is 27.4. The van der Waals surface area contributed by atoms with Gasteiger partial charge in [0.25, 0.3) is 10.0 Å². The average molecular weight is 612 g/mol. The predicted molar refractivity (Wildman–Crippen MR) is 139 cm³/mol. The number of sulfonamides is 1. The molecule has 0 fully saturated rings. The summed E-state index contributed by atoms with van der Waals surface area (Å²) in [6.45, 7) is 6.11. The number of hydrogen-bond acceptors (Lipinski definition) is 7. The first-order valence-electron chi connectivity index (χ1n) is 11.1. The van der Waals surface area contributed by atoms with E-state index in [-0.39, 0.29) is 18.1 Å². The van der Waals surface area contributed by atoms with E-state index in [2.05, 4.69) is 31.0 Å². The van der Waals surface area contributed by atoms with Gasteiger partial charge in [0.2, 0.25) is 5.88 Å². The largest absolute Gasteiger partial charge is 0.480 e. The summed E-state index contributed by atoms with van der Waals surface area (Å²) < 4.78 is 61.2. The number of anilines is 1. The number of pyridine rings is 1.